The number of halogens is 2. The molecule has 1 rings (SSSR count). The number of carbonyl (C=O) groups is 3. The van der Waals surface area contributed by atoms with Gasteiger partial charge in [-0.15, -0.1) is 0 Å². The van der Waals surface area contributed by atoms with Gasteiger partial charge in [-0.25, -0.2) is 0 Å². The first-order valence-corrected chi connectivity index (χ1v) is 6.41. The van der Waals surface area contributed by atoms with E-state index in [1.807, 2.05) is 0 Å². The van der Waals surface area contributed by atoms with E-state index < -0.39 is 17.7 Å². The van der Waals surface area contributed by atoms with Gasteiger partial charge in [0.25, 0.3) is 0 Å². The molecule has 1 aromatic carbocycles. The number of nitrogens with two attached hydrogens (primary N) is 1. The summed E-state index contributed by atoms with van der Waals surface area (Å²) in [5.74, 6) is -2.55. The summed E-state index contributed by atoms with van der Waals surface area (Å²) < 4.78 is 0. The van der Waals surface area contributed by atoms with Crippen molar-refractivity contribution in [1.82, 2.24) is 4.90 Å². The van der Waals surface area contributed by atoms with Crippen LogP contribution in [-0.4, -0.2) is 35.7 Å². The zero-order chi connectivity index (χ0) is 15.3. The molecule has 20 heavy (non-hydrogen) atoms. The van der Waals surface area contributed by atoms with E-state index in [0.29, 0.717) is 0 Å². The second-order valence-electron chi connectivity index (χ2n) is 3.82. The largest absolute Gasteiger partial charge is 0.329 e. The lowest BCUT2D eigenvalue weighted by atomic mass is 10.3. The monoisotopic (exact) mass is 317 g/mol. The molecule has 0 aliphatic rings. The number of benzene rings is 1. The van der Waals surface area contributed by atoms with Crippen LogP contribution in [0.1, 0.15) is 6.92 Å². The second-order valence-corrected chi connectivity index (χ2v) is 4.61. The second kappa shape index (κ2) is 7.23. The molecule has 0 aromatic heterocycles. The van der Waals surface area contributed by atoms with E-state index in [0.717, 1.165) is 4.90 Å². The molecule has 0 saturated heterocycles. The van der Waals surface area contributed by atoms with Gasteiger partial charge in [-0.2, -0.15) is 0 Å². The Morgan fingerprint density at radius 3 is 2.50 bits per heavy atom. The first-order valence-electron chi connectivity index (χ1n) is 5.66. The van der Waals surface area contributed by atoms with Gasteiger partial charge in [0.05, 0.1) is 15.7 Å². The molecule has 0 spiro atoms. The number of hydrogen-bond donors (Lipinski definition) is 2. The standard InChI is InChI=1S/C12H13Cl2N3O3/c1-7(18)17(6-5-15)12(20)11(19)16-9-4-2-3-8(13)10(9)14/h2-4H,5-6,15H2,1H3,(H,16,19). The van der Waals surface area contributed by atoms with Gasteiger partial charge in [0, 0.05) is 20.0 Å². The summed E-state index contributed by atoms with van der Waals surface area (Å²) in [5, 5.41) is 2.66. The molecule has 0 atom stereocenters. The van der Waals surface area contributed by atoms with Crippen LogP contribution in [-0.2, 0) is 14.4 Å². The van der Waals surface area contributed by atoms with Gasteiger partial charge in [-0.05, 0) is 12.1 Å². The molecule has 1 aromatic rings. The van der Waals surface area contributed by atoms with Crippen LogP contribution in [0.3, 0.4) is 0 Å². The van der Waals surface area contributed by atoms with Crippen molar-refractivity contribution in [3.05, 3.63) is 28.2 Å². The quantitative estimate of drug-likeness (QED) is 0.821. The van der Waals surface area contributed by atoms with Crippen molar-refractivity contribution >= 4 is 46.6 Å². The Balaban J connectivity index is 2.87. The molecule has 8 heteroatoms. The van der Waals surface area contributed by atoms with E-state index in [1.54, 1.807) is 6.07 Å². The molecule has 3 N–H and O–H groups in total. The Morgan fingerprint density at radius 2 is 1.95 bits per heavy atom. The first kappa shape index (κ1) is 16.4. The molecule has 108 valence electrons. The molecule has 0 radical (unpaired) electrons. The fourth-order valence-electron chi connectivity index (χ4n) is 1.43. The van der Waals surface area contributed by atoms with Crippen LogP contribution in [0.2, 0.25) is 10.0 Å². The SMILES string of the molecule is CC(=O)N(CCN)C(=O)C(=O)Nc1cccc(Cl)c1Cl. The summed E-state index contributed by atoms with van der Waals surface area (Å²) in [7, 11) is 0. The molecule has 6 nitrogen and oxygen atoms in total. The predicted octanol–water partition coefficient (Wildman–Crippen LogP) is 1.27. The van der Waals surface area contributed by atoms with E-state index in [1.165, 1.54) is 19.1 Å². The normalized spacial score (nSPS) is 10.0. The van der Waals surface area contributed by atoms with Crippen molar-refractivity contribution in [2.24, 2.45) is 5.73 Å². The number of amides is 3. The Bertz CT molecular complexity index is 549. The van der Waals surface area contributed by atoms with E-state index >= 15 is 0 Å². The third-order valence-corrected chi connectivity index (χ3v) is 3.19. The van der Waals surface area contributed by atoms with Crippen molar-refractivity contribution in [2.45, 2.75) is 6.92 Å². The topological polar surface area (TPSA) is 92.5 Å². The van der Waals surface area contributed by atoms with Crippen LogP contribution in [0.5, 0.6) is 0 Å². The Hall–Kier alpha value is -1.63. The fourth-order valence-corrected chi connectivity index (χ4v) is 1.78. The van der Waals surface area contributed by atoms with Gasteiger partial charge < -0.3 is 11.1 Å². The number of anilines is 1. The van der Waals surface area contributed by atoms with Crippen molar-refractivity contribution in [2.75, 3.05) is 18.4 Å². The highest BCUT2D eigenvalue weighted by Crippen LogP contribution is 2.29. The van der Waals surface area contributed by atoms with Gasteiger partial charge in [-0.3, -0.25) is 19.3 Å². The Morgan fingerprint density at radius 1 is 1.30 bits per heavy atom. The molecular weight excluding hydrogens is 305 g/mol. The van der Waals surface area contributed by atoms with Crippen LogP contribution >= 0.6 is 23.2 Å². The number of nitrogens with zero attached hydrogens (tertiary/aromatic N) is 1. The highest BCUT2D eigenvalue weighted by atomic mass is 35.5. The van der Waals surface area contributed by atoms with E-state index in [-0.39, 0.29) is 28.8 Å². The summed E-state index contributed by atoms with van der Waals surface area (Å²) in [5.41, 5.74) is 5.47. The van der Waals surface area contributed by atoms with Gasteiger partial charge in [0.1, 0.15) is 0 Å². The molecule has 0 bridgehead atoms. The molecule has 3 amide bonds. The van der Waals surface area contributed by atoms with Gasteiger partial charge in [-0.1, -0.05) is 29.3 Å². The number of hydrogen-bond acceptors (Lipinski definition) is 4. The zero-order valence-electron chi connectivity index (χ0n) is 10.7. The first-order chi connectivity index (χ1) is 9.38. The molecule has 0 aliphatic heterocycles. The molecule has 0 unspecified atom stereocenters. The summed E-state index contributed by atoms with van der Waals surface area (Å²) in [6, 6.07) is 4.59. The molecule has 0 aliphatic carbocycles. The van der Waals surface area contributed by atoms with Crippen molar-refractivity contribution in [3.8, 4) is 0 Å². The average molecular weight is 318 g/mol. The number of imide groups is 1. The van der Waals surface area contributed by atoms with Gasteiger partial charge in [0.15, 0.2) is 0 Å². The fraction of sp³-hybridized carbons (Fsp3) is 0.250. The van der Waals surface area contributed by atoms with Crippen LogP contribution in [0, 0.1) is 0 Å². The molecule has 0 saturated carbocycles. The van der Waals surface area contributed by atoms with Gasteiger partial charge >= 0.3 is 11.8 Å². The maximum absolute atomic E-state index is 11.8. The molecule has 0 heterocycles. The minimum Gasteiger partial charge on any atom is -0.329 e. The zero-order valence-corrected chi connectivity index (χ0v) is 12.2. The summed E-state index contributed by atoms with van der Waals surface area (Å²) in [6.45, 7) is 1.20. The van der Waals surface area contributed by atoms with Crippen LogP contribution in [0.4, 0.5) is 5.69 Å². The lowest BCUT2D eigenvalue weighted by Gasteiger charge is -2.17. The van der Waals surface area contributed by atoms with Crippen LogP contribution < -0.4 is 11.1 Å². The minimum absolute atomic E-state index is 0.0368. The lowest BCUT2D eigenvalue weighted by Crippen LogP contribution is -2.44. The van der Waals surface area contributed by atoms with Crippen molar-refractivity contribution in [3.63, 3.8) is 0 Å². The highest BCUT2D eigenvalue weighted by molar-refractivity contribution is 6.46. The summed E-state index contributed by atoms with van der Waals surface area (Å²) in [6.07, 6.45) is 0. The number of carbonyl (C=O) groups excluding carboxylic acids is 3. The van der Waals surface area contributed by atoms with Crippen molar-refractivity contribution in [1.29, 1.82) is 0 Å². The summed E-state index contributed by atoms with van der Waals surface area (Å²) >= 11 is 11.7. The maximum Gasteiger partial charge on any atom is 0.318 e. The Kier molecular flexibility index (Phi) is 5.94. The van der Waals surface area contributed by atoms with Crippen LogP contribution in [0.25, 0.3) is 0 Å². The highest BCUT2D eigenvalue weighted by Gasteiger charge is 2.25. The lowest BCUT2D eigenvalue weighted by molar-refractivity contribution is -0.149. The number of nitrogens with one attached hydrogen (secondary N) is 1. The maximum atomic E-state index is 11.8. The van der Waals surface area contributed by atoms with E-state index in [2.05, 4.69) is 5.32 Å². The minimum atomic E-state index is -1.00. The smallest absolute Gasteiger partial charge is 0.318 e. The van der Waals surface area contributed by atoms with Crippen LogP contribution in [0.15, 0.2) is 18.2 Å². The van der Waals surface area contributed by atoms with E-state index in [4.69, 9.17) is 28.9 Å². The summed E-state index contributed by atoms with van der Waals surface area (Å²) in [4.78, 5) is 35.7. The molecular formula is C12H13Cl2N3O3. The molecule has 0 fully saturated rings. The Labute approximate surface area is 125 Å². The predicted molar refractivity (Wildman–Crippen MR) is 76.5 cm³/mol. The third kappa shape index (κ3) is 3.93. The van der Waals surface area contributed by atoms with E-state index in [9.17, 15) is 14.4 Å². The van der Waals surface area contributed by atoms with Gasteiger partial charge in [0.2, 0.25) is 5.91 Å². The third-order valence-electron chi connectivity index (χ3n) is 2.37. The van der Waals surface area contributed by atoms with Crippen molar-refractivity contribution < 1.29 is 14.4 Å². The number of rotatable bonds is 3. The average Bonchev–Trinajstić information content (AvgIpc) is 2.40.